The van der Waals surface area contributed by atoms with Crippen molar-refractivity contribution in [1.29, 1.82) is 0 Å². The molecule has 1 saturated heterocycles. The van der Waals surface area contributed by atoms with Gasteiger partial charge in [-0.1, -0.05) is 71.7 Å². The van der Waals surface area contributed by atoms with Crippen molar-refractivity contribution >= 4 is 35.2 Å². The van der Waals surface area contributed by atoms with E-state index in [9.17, 15) is 14.0 Å². The fourth-order valence-corrected chi connectivity index (χ4v) is 5.87. The molecule has 41 heavy (non-hydrogen) atoms. The Morgan fingerprint density at radius 3 is 2.27 bits per heavy atom. The number of rotatable bonds is 7. The fourth-order valence-electron chi connectivity index (χ4n) is 5.56. The van der Waals surface area contributed by atoms with Gasteiger partial charge in [-0.2, -0.15) is 0 Å². The molecule has 2 N–H and O–H groups in total. The van der Waals surface area contributed by atoms with Crippen LogP contribution in [0.25, 0.3) is 0 Å². The second-order valence-electron chi connectivity index (χ2n) is 11.0. The maximum Gasteiger partial charge on any atom is 0.407 e. The number of piperidine rings is 1. The molecule has 218 valence electrons. The van der Waals surface area contributed by atoms with Crippen molar-refractivity contribution in [2.24, 2.45) is 5.92 Å². The molecule has 1 saturated carbocycles. The molecular weight excluding hydrogens is 564 g/mol. The van der Waals surface area contributed by atoms with E-state index < -0.39 is 6.09 Å². The standard InChI is InChI=1S/C23H26Cl2N2O.C9H10FNO2/c1-16(28)26-23(19-5-3-2-4-6-19)9-11-27(12-10-23)15-18-13-20(18)17-7-8-21(24)22(25)14-17;1-11(9(12)13)6-7-2-4-8(10)5-3-7/h2-8,14,18,20H,9-13,15H2,1H3,(H,26,28);2-5H,6H2,1H3,(H,12,13)/t18-,20+;/m0./s1. The van der Waals surface area contributed by atoms with Crippen LogP contribution in [-0.2, 0) is 16.9 Å². The molecule has 3 aromatic rings. The monoisotopic (exact) mass is 599 g/mol. The van der Waals surface area contributed by atoms with Crippen LogP contribution in [0.3, 0.4) is 0 Å². The summed E-state index contributed by atoms with van der Waals surface area (Å²) < 4.78 is 12.5. The molecule has 0 spiro atoms. The lowest BCUT2D eigenvalue weighted by atomic mass is 9.80. The minimum absolute atomic E-state index is 0.0409. The molecule has 2 fully saturated rings. The molecule has 2 aliphatic rings. The first-order valence-electron chi connectivity index (χ1n) is 13.8. The maximum absolute atomic E-state index is 12.5. The highest BCUT2D eigenvalue weighted by Crippen LogP contribution is 2.49. The number of carbonyl (C=O) groups excluding carboxylic acids is 1. The summed E-state index contributed by atoms with van der Waals surface area (Å²) in [5, 5.41) is 13.1. The predicted molar refractivity (Wildman–Crippen MR) is 161 cm³/mol. The molecule has 5 rings (SSSR count). The summed E-state index contributed by atoms with van der Waals surface area (Å²) in [5.74, 6) is 0.994. The molecule has 1 aliphatic heterocycles. The predicted octanol–water partition coefficient (Wildman–Crippen LogP) is 7.16. The third kappa shape index (κ3) is 8.44. The lowest BCUT2D eigenvalue weighted by Gasteiger charge is -2.43. The van der Waals surface area contributed by atoms with Crippen molar-refractivity contribution in [3.05, 3.63) is 105 Å². The number of carboxylic acid groups (broad SMARTS) is 1. The van der Waals surface area contributed by atoms with Gasteiger partial charge in [0.25, 0.3) is 0 Å². The van der Waals surface area contributed by atoms with Gasteiger partial charge in [0.2, 0.25) is 5.91 Å². The fraction of sp³-hybridized carbons (Fsp3) is 0.375. The first-order chi connectivity index (χ1) is 19.6. The topological polar surface area (TPSA) is 72.9 Å². The first-order valence-corrected chi connectivity index (χ1v) is 14.5. The normalized spacial score (nSPS) is 19.4. The molecule has 2 amide bonds. The van der Waals surface area contributed by atoms with Crippen LogP contribution in [0.5, 0.6) is 0 Å². The van der Waals surface area contributed by atoms with Gasteiger partial charge in [0.15, 0.2) is 0 Å². The molecule has 1 heterocycles. The quantitative estimate of drug-likeness (QED) is 0.302. The van der Waals surface area contributed by atoms with Crippen LogP contribution in [0.1, 0.15) is 48.8 Å². The highest BCUT2D eigenvalue weighted by Gasteiger charge is 2.42. The van der Waals surface area contributed by atoms with Crippen LogP contribution in [0, 0.1) is 11.7 Å². The zero-order chi connectivity index (χ0) is 29.6. The molecule has 0 radical (unpaired) electrons. The second kappa shape index (κ2) is 13.7. The van der Waals surface area contributed by atoms with E-state index in [0.717, 1.165) is 42.9 Å². The van der Waals surface area contributed by atoms with Crippen molar-refractivity contribution in [1.82, 2.24) is 15.1 Å². The van der Waals surface area contributed by atoms with E-state index in [1.165, 1.54) is 36.7 Å². The van der Waals surface area contributed by atoms with Gasteiger partial charge in [-0.15, -0.1) is 0 Å². The number of benzene rings is 3. The van der Waals surface area contributed by atoms with E-state index in [-0.39, 0.29) is 23.8 Å². The highest BCUT2D eigenvalue weighted by molar-refractivity contribution is 6.42. The van der Waals surface area contributed by atoms with Gasteiger partial charge in [-0.05, 0) is 72.1 Å². The van der Waals surface area contributed by atoms with Crippen LogP contribution in [-0.4, -0.2) is 53.6 Å². The van der Waals surface area contributed by atoms with Crippen molar-refractivity contribution in [3.63, 3.8) is 0 Å². The number of halogens is 3. The van der Waals surface area contributed by atoms with Crippen LogP contribution in [0.4, 0.5) is 9.18 Å². The molecule has 9 heteroatoms. The van der Waals surface area contributed by atoms with Gasteiger partial charge in [0, 0.05) is 40.2 Å². The van der Waals surface area contributed by atoms with Crippen LogP contribution >= 0.6 is 23.2 Å². The van der Waals surface area contributed by atoms with Crippen LogP contribution in [0.15, 0.2) is 72.8 Å². The molecule has 6 nitrogen and oxygen atoms in total. The minimum atomic E-state index is -0.996. The average Bonchev–Trinajstić information content (AvgIpc) is 3.72. The average molecular weight is 601 g/mol. The van der Waals surface area contributed by atoms with E-state index in [0.29, 0.717) is 21.9 Å². The van der Waals surface area contributed by atoms with Crippen molar-refractivity contribution in [2.45, 2.75) is 44.2 Å². The Balaban J connectivity index is 0.000000251. The summed E-state index contributed by atoms with van der Waals surface area (Å²) in [6.07, 6.45) is 2.11. The molecule has 2 atom stereocenters. The first kappa shape index (κ1) is 30.8. The maximum atomic E-state index is 12.5. The number of hydrogen-bond acceptors (Lipinski definition) is 3. The summed E-state index contributed by atoms with van der Waals surface area (Å²) in [7, 11) is 1.46. The van der Waals surface area contributed by atoms with Crippen LogP contribution < -0.4 is 5.32 Å². The van der Waals surface area contributed by atoms with Gasteiger partial charge < -0.3 is 20.2 Å². The minimum Gasteiger partial charge on any atom is -0.465 e. The summed E-state index contributed by atoms with van der Waals surface area (Å²) >= 11 is 12.2. The van der Waals surface area contributed by atoms with E-state index in [1.54, 1.807) is 19.1 Å². The van der Waals surface area contributed by atoms with E-state index in [2.05, 4.69) is 40.5 Å². The third-order valence-electron chi connectivity index (χ3n) is 7.90. The highest BCUT2D eigenvalue weighted by atomic mass is 35.5. The zero-order valence-electron chi connectivity index (χ0n) is 23.3. The molecule has 3 aromatic carbocycles. The molecule has 1 aliphatic carbocycles. The molecule has 0 bridgehead atoms. The lowest BCUT2D eigenvalue weighted by molar-refractivity contribution is -0.121. The van der Waals surface area contributed by atoms with Gasteiger partial charge in [-0.25, -0.2) is 9.18 Å². The van der Waals surface area contributed by atoms with Gasteiger partial charge in [-0.3, -0.25) is 4.79 Å². The number of likely N-dealkylation sites (tertiary alicyclic amines) is 1. The van der Waals surface area contributed by atoms with Crippen molar-refractivity contribution < 1.29 is 19.1 Å². The van der Waals surface area contributed by atoms with Crippen molar-refractivity contribution in [2.75, 3.05) is 26.7 Å². The summed E-state index contributed by atoms with van der Waals surface area (Å²) in [6.45, 7) is 4.99. The third-order valence-corrected chi connectivity index (χ3v) is 8.64. The summed E-state index contributed by atoms with van der Waals surface area (Å²) in [5.41, 5.74) is 3.04. The SMILES string of the molecule is CC(=O)NC1(c2ccccc2)CCN(C[C@@H]2C[C@@H]2c2ccc(Cl)c(Cl)c2)CC1.CN(Cc1ccc(F)cc1)C(=O)O. The zero-order valence-corrected chi connectivity index (χ0v) is 24.8. The summed E-state index contributed by atoms with van der Waals surface area (Å²) in [4.78, 5) is 26.0. The van der Waals surface area contributed by atoms with Gasteiger partial charge in [0.1, 0.15) is 5.82 Å². The van der Waals surface area contributed by atoms with E-state index in [1.807, 2.05) is 18.2 Å². The van der Waals surface area contributed by atoms with E-state index in [4.69, 9.17) is 28.3 Å². The number of carbonyl (C=O) groups is 2. The summed E-state index contributed by atoms with van der Waals surface area (Å²) in [6, 6.07) is 22.2. The van der Waals surface area contributed by atoms with Crippen LogP contribution in [0.2, 0.25) is 10.0 Å². The number of nitrogens with zero attached hydrogens (tertiary/aromatic N) is 2. The Morgan fingerprint density at radius 1 is 1.02 bits per heavy atom. The smallest absolute Gasteiger partial charge is 0.407 e. The van der Waals surface area contributed by atoms with Crippen molar-refractivity contribution in [3.8, 4) is 0 Å². The number of amides is 2. The Hall–Kier alpha value is -3.13. The van der Waals surface area contributed by atoms with E-state index >= 15 is 0 Å². The Kier molecular flexibility index (Phi) is 10.3. The molecule has 0 unspecified atom stereocenters. The molecule has 0 aromatic heterocycles. The van der Waals surface area contributed by atoms with Gasteiger partial charge in [0.05, 0.1) is 15.6 Å². The number of nitrogens with one attached hydrogen (secondary N) is 1. The second-order valence-corrected chi connectivity index (χ2v) is 11.8. The molecular formula is C32H36Cl2FN3O3. The largest absolute Gasteiger partial charge is 0.465 e. The lowest BCUT2D eigenvalue weighted by Crippen LogP contribution is -2.52. The number of hydrogen-bond donors (Lipinski definition) is 2. The Bertz CT molecular complexity index is 1330. The Morgan fingerprint density at radius 2 is 1.68 bits per heavy atom. The van der Waals surface area contributed by atoms with Gasteiger partial charge >= 0.3 is 6.09 Å². The Labute approximate surface area is 251 Å².